The number of aromatic nitrogens is 1. The summed E-state index contributed by atoms with van der Waals surface area (Å²) < 4.78 is 0. The quantitative estimate of drug-likeness (QED) is 0.805. The van der Waals surface area contributed by atoms with Gasteiger partial charge in [0.25, 0.3) is 0 Å². The molecule has 0 saturated heterocycles. The third kappa shape index (κ3) is 3.31. The minimum Gasteiger partial charge on any atom is -0.392 e. The van der Waals surface area contributed by atoms with E-state index in [-0.39, 0.29) is 12.0 Å². The van der Waals surface area contributed by atoms with E-state index in [9.17, 15) is 5.11 Å². The predicted molar refractivity (Wildman–Crippen MR) is 62.7 cm³/mol. The molecule has 1 N–H and O–H groups in total. The van der Waals surface area contributed by atoms with Crippen molar-refractivity contribution < 1.29 is 5.11 Å². The number of hydrogen-bond acceptors (Lipinski definition) is 2. The number of aliphatic hydroxyl groups excluding tert-OH is 1. The van der Waals surface area contributed by atoms with Crippen molar-refractivity contribution in [3.8, 4) is 0 Å². The van der Waals surface area contributed by atoms with Gasteiger partial charge in [0, 0.05) is 18.3 Å². The summed E-state index contributed by atoms with van der Waals surface area (Å²) in [5.41, 5.74) is 1.17. The summed E-state index contributed by atoms with van der Waals surface area (Å²) in [6, 6.07) is 3.96. The molecule has 0 aliphatic heterocycles. The second-order valence-electron chi connectivity index (χ2n) is 4.33. The Morgan fingerprint density at radius 3 is 2.40 bits per heavy atom. The van der Waals surface area contributed by atoms with Crippen molar-refractivity contribution in [3.05, 3.63) is 30.1 Å². The highest BCUT2D eigenvalue weighted by Crippen LogP contribution is 2.25. The van der Waals surface area contributed by atoms with Gasteiger partial charge in [-0.05, 0) is 30.0 Å². The smallest absolute Gasteiger partial charge is 0.0631 e. The van der Waals surface area contributed by atoms with Crippen LogP contribution in [0.1, 0.15) is 45.1 Å². The predicted octanol–water partition coefficient (Wildman–Crippen LogP) is 2.98. The maximum atomic E-state index is 10.2. The van der Waals surface area contributed by atoms with Gasteiger partial charge in [0.2, 0.25) is 0 Å². The van der Waals surface area contributed by atoms with Gasteiger partial charge in [-0.2, -0.15) is 0 Å². The normalized spacial score (nSPS) is 17.1. The Balaban J connectivity index is 2.64. The summed E-state index contributed by atoms with van der Waals surface area (Å²) in [5, 5.41) is 10.2. The first-order valence-electron chi connectivity index (χ1n) is 5.74. The lowest BCUT2D eigenvalue weighted by atomic mass is 9.86. The zero-order valence-electron chi connectivity index (χ0n) is 9.85. The lowest BCUT2D eigenvalue weighted by molar-refractivity contribution is 0.0890. The third-order valence-corrected chi connectivity index (χ3v) is 3.07. The van der Waals surface area contributed by atoms with Crippen LogP contribution in [0.25, 0.3) is 0 Å². The zero-order valence-corrected chi connectivity index (χ0v) is 9.85. The summed E-state index contributed by atoms with van der Waals surface area (Å²) in [7, 11) is 0. The number of rotatable bonds is 5. The summed E-state index contributed by atoms with van der Waals surface area (Å²) >= 11 is 0. The van der Waals surface area contributed by atoms with E-state index in [2.05, 4.69) is 25.8 Å². The molecule has 15 heavy (non-hydrogen) atoms. The Morgan fingerprint density at radius 1 is 1.27 bits per heavy atom. The van der Waals surface area contributed by atoms with Crippen molar-refractivity contribution in [2.24, 2.45) is 5.92 Å². The van der Waals surface area contributed by atoms with E-state index in [1.165, 1.54) is 5.56 Å². The second-order valence-corrected chi connectivity index (χ2v) is 4.33. The van der Waals surface area contributed by atoms with E-state index in [1.54, 1.807) is 12.4 Å². The van der Waals surface area contributed by atoms with E-state index >= 15 is 0 Å². The SMILES string of the molecule is CCCC(C)C(O)C(C)c1ccncc1. The molecule has 1 rings (SSSR count). The molecule has 0 spiro atoms. The van der Waals surface area contributed by atoms with E-state index < -0.39 is 0 Å². The van der Waals surface area contributed by atoms with Gasteiger partial charge >= 0.3 is 0 Å². The van der Waals surface area contributed by atoms with Crippen LogP contribution >= 0.6 is 0 Å². The van der Waals surface area contributed by atoms with Crippen LogP contribution in [-0.2, 0) is 0 Å². The summed E-state index contributed by atoms with van der Waals surface area (Å²) in [6.45, 7) is 6.35. The highest BCUT2D eigenvalue weighted by atomic mass is 16.3. The first kappa shape index (κ1) is 12.2. The molecule has 0 aromatic carbocycles. The molecule has 0 aliphatic carbocycles. The summed E-state index contributed by atoms with van der Waals surface area (Å²) in [6.07, 6.45) is 5.51. The van der Waals surface area contributed by atoms with Crippen molar-refractivity contribution >= 4 is 0 Å². The van der Waals surface area contributed by atoms with Gasteiger partial charge in [0.05, 0.1) is 6.10 Å². The molecule has 3 atom stereocenters. The highest BCUT2D eigenvalue weighted by molar-refractivity contribution is 5.16. The largest absolute Gasteiger partial charge is 0.392 e. The van der Waals surface area contributed by atoms with Crippen molar-refractivity contribution in [3.63, 3.8) is 0 Å². The van der Waals surface area contributed by atoms with Crippen molar-refractivity contribution in [1.29, 1.82) is 0 Å². The van der Waals surface area contributed by atoms with Crippen LogP contribution in [0.3, 0.4) is 0 Å². The molecule has 0 fully saturated rings. The number of nitrogens with zero attached hydrogens (tertiary/aromatic N) is 1. The Hall–Kier alpha value is -0.890. The standard InChI is InChI=1S/C13H21NO/c1-4-5-10(2)13(15)11(3)12-6-8-14-9-7-12/h6-11,13,15H,4-5H2,1-3H3. The summed E-state index contributed by atoms with van der Waals surface area (Å²) in [4.78, 5) is 3.99. The first-order valence-corrected chi connectivity index (χ1v) is 5.74. The molecule has 2 heteroatoms. The van der Waals surface area contributed by atoms with Gasteiger partial charge in [-0.1, -0.05) is 27.2 Å². The van der Waals surface area contributed by atoms with Crippen molar-refractivity contribution in [2.45, 2.75) is 45.6 Å². The molecule has 84 valence electrons. The first-order chi connectivity index (χ1) is 7.16. The van der Waals surface area contributed by atoms with E-state index in [0.717, 1.165) is 12.8 Å². The molecule has 0 radical (unpaired) electrons. The van der Waals surface area contributed by atoms with Gasteiger partial charge in [-0.15, -0.1) is 0 Å². The molecule has 0 aliphatic rings. The van der Waals surface area contributed by atoms with E-state index in [0.29, 0.717) is 5.92 Å². The minimum absolute atomic E-state index is 0.189. The fourth-order valence-corrected chi connectivity index (χ4v) is 1.98. The Morgan fingerprint density at radius 2 is 1.87 bits per heavy atom. The Labute approximate surface area is 92.4 Å². The van der Waals surface area contributed by atoms with Crippen molar-refractivity contribution in [2.75, 3.05) is 0 Å². The lowest BCUT2D eigenvalue weighted by Crippen LogP contribution is -2.24. The lowest BCUT2D eigenvalue weighted by Gasteiger charge is -2.24. The van der Waals surface area contributed by atoms with Crippen LogP contribution in [0.4, 0.5) is 0 Å². The van der Waals surface area contributed by atoms with Crippen LogP contribution in [0, 0.1) is 5.92 Å². The molecule has 0 bridgehead atoms. The van der Waals surface area contributed by atoms with Gasteiger partial charge in [-0.25, -0.2) is 0 Å². The zero-order chi connectivity index (χ0) is 11.3. The maximum Gasteiger partial charge on any atom is 0.0631 e. The second kappa shape index (κ2) is 5.86. The van der Waals surface area contributed by atoms with Gasteiger partial charge in [0.1, 0.15) is 0 Å². The summed E-state index contributed by atoms with van der Waals surface area (Å²) in [5.74, 6) is 0.549. The van der Waals surface area contributed by atoms with Crippen LogP contribution in [0.15, 0.2) is 24.5 Å². The van der Waals surface area contributed by atoms with Crippen LogP contribution < -0.4 is 0 Å². The Bertz CT molecular complexity index is 273. The third-order valence-electron chi connectivity index (χ3n) is 3.07. The average molecular weight is 207 g/mol. The van der Waals surface area contributed by atoms with E-state index in [4.69, 9.17) is 0 Å². The molecule has 0 amide bonds. The Kier molecular flexibility index (Phi) is 4.76. The minimum atomic E-state index is -0.257. The molecular formula is C13H21NO. The maximum absolute atomic E-state index is 10.2. The molecular weight excluding hydrogens is 186 g/mol. The van der Waals surface area contributed by atoms with Crippen LogP contribution in [0.5, 0.6) is 0 Å². The monoisotopic (exact) mass is 207 g/mol. The molecule has 1 heterocycles. The van der Waals surface area contributed by atoms with Gasteiger partial charge < -0.3 is 5.11 Å². The number of aliphatic hydroxyl groups is 1. The molecule has 2 nitrogen and oxygen atoms in total. The molecule has 1 aromatic heterocycles. The van der Waals surface area contributed by atoms with Gasteiger partial charge in [-0.3, -0.25) is 4.98 Å². The van der Waals surface area contributed by atoms with Crippen LogP contribution in [0.2, 0.25) is 0 Å². The van der Waals surface area contributed by atoms with Gasteiger partial charge in [0.15, 0.2) is 0 Å². The molecule has 1 aromatic rings. The topological polar surface area (TPSA) is 33.1 Å². The highest BCUT2D eigenvalue weighted by Gasteiger charge is 2.21. The average Bonchev–Trinajstić information content (AvgIpc) is 2.28. The fraction of sp³-hybridized carbons (Fsp3) is 0.615. The van der Waals surface area contributed by atoms with E-state index in [1.807, 2.05) is 12.1 Å². The number of pyridine rings is 1. The molecule has 3 unspecified atom stereocenters. The van der Waals surface area contributed by atoms with Crippen LogP contribution in [-0.4, -0.2) is 16.2 Å². The van der Waals surface area contributed by atoms with Crippen molar-refractivity contribution in [1.82, 2.24) is 4.98 Å². The fourth-order valence-electron chi connectivity index (χ4n) is 1.98. The number of hydrogen-bond donors (Lipinski definition) is 1. The molecule has 0 saturated carbocycles.